The predicted molar refractivity (Wildman–Crippen MR) is 35.8 cm³/mol. The molecule has 0 spiro atoms. The Morgan fingerprint density at radius 1 is 1.60 bits per heavy atom. The highest BCUT2D eigenvalue weighted by Crippen LogP contribution is 2.16. The van der Waals surface area contributed by atoms with Crippen LogP contribution in [0.4, 0.5) is 5.88 Å². The highest BCUT2D eigenvalue weighted by Gasteiger charge is 2.10. The summed E-state index contributed by atoms with van der Waals surface area (Å²) >= 11 is 0. The fourth-order valence-electron chi connectivity index (χ4n) is 0.876. The lowest BCUT2D eigenvalue weighted by Gasteiger charge is -2.04. The molecular weight excluding hydrogens is 130 g/mol. The quantitative estimate of drug-likeness (QED) is 0.588. The predicted octanol–water partition coefficient (Wildman–Crippen LogP) is 1.47. The SMILES string of the molecule is c1coc(N2CCN=N2)c1. The molecule has 0 aromatic carbocycles. The minimum Gasteiger partial charge on any atom is -0.447 e. The summed E-state index contributed by atoms with van der Waals surface area (Å²) in [6.45, 7) is 1.59. The van der Waals surface area contributed by atoms with Gasteiger partial charge in [0.15, 0.2) is 0 Å². The fourth-order valence-corrected chi connectivity index (χ4v) is 0.876. The van der Waals surface area contributed by atoms with Crippen molar-refractivity contribution in [1.82, 2.24) is 0 Å². The number of hydrogen-bond donors (Lipinski definition) is 0. The fraction of sp³-hybridized carbons (Fsp3) is 0.333. The average Bonchev–Trinajstić information content (AvgIpc) is 2.59. The monoisotopic (exact) mass is 137 g/mol. The normalized spacial score (nSPS) is 16.6. The van der Waals surface area contributed by atoms with E-state index in [2.05, 4.69) is 10.3 Å². The van der Waals surface area contributed by atoms with Gasteiger partial charge in [-0.15, -0.1) is 0 Å². The minimum absolute atomic E-state index is 0.765. The molecule has 1 aliphatic heterocycles. The van der Waals surface area contributed by atoms with Gasteiger partial charge in [0.25, 0.3) is 0 Å². The van der Waals surface area contributed by atoms with Gasteiger partial charge >= 0.3 is 0 Å². The Morgan fingerprint density at radius 3 is 3.20 bits per heavy atom. The second kappa shape index (κ2) is 2.13. The van der Waals surface area contributed by atoms with Crippen molar-refractivity contribution in [2.45, 2.75) is 0 Å². The van der Waals surface area contributed by atoms with E-state index in [1.165, 1.54) is 0 Å². The summed E-state index contributed by atoms with van der Waals surface area (Å²) in [5.74, 6) is 0.765. The molecule has 1 aromatic rings. The van der Waals surface area contributed by atoms with E-state index in [-0.39, 0.29) is 0 Å². The van der Waals surface area contributed by atoms with Crippen LogP contribution in [0.15, 0.2) is 33.2 Å². The molecule has 4 nitrogen and oxygen atoms in total. The van der Waals surface area contributed by atoms with E-state index >= 15 is 0 Å². The van der Waals surface area contributed by atoms with Gasteiger partial charge in [-0.25, -0.2) is 5.01 Å². The number of nitrogens with zero attached hydrogens (tertiary/aromatic N) is 3. The molecule has 1 aromatic heterocycles. The van der Waals surface area contributed by atoms with Gasteiger partial charge < -0.3 is 4.42 Å². The third-order valence-electron chi connectivity index (χ3n) is 1.34. The molecule has 0 N–H and O–H groups in total. The summed E-state index contributed by atoms with van der Waals surface area (Å²) in [5, 5.41) is 9.39. The van der Waals surface area contributed by atoms with E-state index in [0.717, 1.165) is 19.0 Å². The van der Waals surface area contributed by atoms with Gasteiger partial charge in [0.2, 0.25) is 5.88 Å². The van der Waals surface area contributed by atoms with Gasteiger partial charge in [0, 0.05) is 6.07 Å². The van der Waals surface area contributed by atoms with E-state index in [4.69, 9.17) is 4.42 Å². The highest BCUT2D eigenvalue weighted by molar-refractivity contribution is 5.33. The molecular formula is C6H7N3O. The van der Waals surface area contributed by atoms with Crippen molar-refractivity contribution in [1.29, 1.82) is 0 Å². The number of furan rings is 1. The van der Waals surface area contributed by atoms with Gasteiger partial charge in [0.1, 0.15) is 0 Å². The molecule has 2 heterocycles. The van der Waals surface area contributed by atoms with E-state index in [0.29, 0.717) is 0 Å². The Kier molecular flexibility index (Phi) is 1.16. The van der Waals surface area contributed by atoms with Gasteiger partial charge in [-0.3, -0.25) is 0 Å². The molecule has 0 saturated carbocycles. The van der Waals surface area contributed by atoms with Crippen LogP contribution >= 0.6 is 0 Å². The molecule has 0 unspecified atom stereocenters. The van der Waals surface area contributed by atoms with Crippen LogP contribution in [0.1, 0.15) is 0 Å². The zero-order chi connectivity index (χ0) is 6.81. The summed E-state index contributed by atoms with van der Waals surface area (Å²) in [6, 6.07) is 3.70. The molecule has 0 amide bonds. The van der Waals surface area contributed by atoms with Gasteiger partial charge in [0.05, 0.1) is 19.4 Å². The Bertz CT molecular complexity index is 229. The molecule has 0 bridgehead atoms. The van der Waals surface area contributed by atoms with Crippen LogP contribution in [0.2, 0.25) is 0 Å². The lowest BCUT2D eigenvalue weighted by atomic mass is 10.5. The zero-order valence-corrected chi connectivity index (χ0v) is 5.40. The van der Waals surface area contributed by atoms with Crippen molar-refractivity contribution in [2.24, 2.45) is 10.3 Å². The second-order valence-electron chi connectivity index (χ2n) is 2.03. The maximum atomic E-state index is 5.09. The topological polar surface area (TPSA) is 41.1 Å². The first-order chi connectivity index (χ1) is 4.97. The summed E-state index contributed by atoms with van der Waals surface area (Å²) in [6.07, 6.45) is 1.63. The first-order valence-corrected chi connectivity index (χ1v) is 3.15. The molecule has 10 heavy (non-hydrogen) atoms. The molecule has 4 heteroatoms. The molecule has 0 saturated heterocycles. The number of hydrogen-bond acceptors (Lipinski definition) is 4. The summed E-state index contributed by atoms with van der Waals surface area (Å²) < 4.78 is 5.09. The van der Waals surface area contributed by atoms with Crippen LogP contribution in [0.3, 0.4) is 0 Å². The first-order valence-electron chi connectivity index (χ1n) is 3.15. The van der Waals surface area contributed by atoms with Crippen molar-refractivity contribution in [2.75, 3.05) is 18.1 Å². The van der Waals surface area contributed by atoms with Crippen LogP contribution in [-0.2, 0) is 0 Å². The van der Waals surface area contributed by atoms with Crippen molar-refractivity contribution < 1.29 is 4.42 Å². The third-order valence-corrected chi connectivity index (χ3v) is 1.34. The van der Waals surface area contributed by atoms with Crippen LogP contribution in [0.5, 0.6) is 0 Å². The van der Waals surface area contributed by atoms with Crippen molar-refractivity contribution in [3.05, 3.63) is 18.4 Å². The number of rotatable bonds is 1. The highest BCUT2D eigenvalue weighted by atomic mass is 16.3. The van der Waals surface area contributed by atoms with E-state index in [1.807, 2.05) is 12.1 Å². The van der Waals surface area contributed by atoms with Gasteiger partial charge in [-0.2, -0.15) is 5.11 Å². The number of anilines is 1. The molecule has 1 aliphatic rings. The van der Waals surface area contributed by atoms with E-state index < -0.39 is 0 Å². The van der Waals surface area contributed by atoms with E-state index in [9.17, 15) is 0 Å². The van der Waals surface area contributed by atoms with Crippen LogP contribution in [-0.4, -0.2) is 13.1 Å². The zero-order valence-electron chi connectivity index (χ0n) is 5.40. The molecule has 2 rings (SSSR count). The molecule has 0 fully saturated rings. The smallest absolute Gasteiger partial charge is 0.216 e. The second-order valence-corrected chi connectivity index (χ2v) is 2.03. The summed E-state index contributed by atoms with van der Waals surface area (Å²) in [5.41, 5.74) is 0. The average molecular weight is 137 g/mol. The van der Waals surface area contributed by atoms with Gasteiger partial charge in [-0.1, -0.05) is 5.22 Å². The first kappa shape index (κ1) is 5.46. The lowest BCUT2D eigenvalue weighted by molar-refractivity contribution is 0.554. The Labute approximate surface area is 58.1 Å². The molecule has 0 radical (unpaired) electrons. The largest absolute Gasteiger partial charge is 0.447 e. The van der Waals surface area contributed by atoms with Crippen molar-refractivity contribution >= 4 is 5.88 Å². The van der Waals surface area contributed by atoms with Crippen LogP contribution in [0, 0.1) is 0 Å². The third kappa shape index (κ3) is 0.775. The van der Waals surface area contributed by atoms with Crippen LogP contribution < -0.4 is 5.01 Å². The lowest BCUT2D eigenvalue weighted by Crippen LogP contribution is -2.12. The Hall–Kier alpha value is -1.32. The maximum absolute atomic E-state index is 5.09. The Morgan fingerprint density at radius 2 is 2.60 bits per heavy atom. The molecule has 0 aliphatic carbocycles. The Balaban J connectivity index is 2.20. The summed E-state index contributed by atoms with van der Waals surface area (Å²) in [4.78, 5) is 0. The van der Waals surface area contributed by atoms with Crippen LogP contribution in [0.25, 0.3) is 0 Å². The standard InChI is InChI=1S/C6H7N3O/c1-2-6(10-5-1)9-4-3-7-8-9/h1-2,5H,3-4H2. The minimum atomic E-state index is 0.765. The van der Waals surface area contributed by atoms with Gasteiger partial charge in [-0.05, 0) is 6.07 Å². The maximum Gasteiger partial charge on any atom is 0.216 e. The molecule has 52 valence electrons. The van der Waals surface area contributed by atoms with Crippen molar-refractivity contribution in [3.63, 3.8) is 0 Å². The molecule has 0 atom stereocenters. The van der Waals surface area contributed by atoms with Crippen molar-refractivity contribution in [3.8, 4) is 0 Å². The summed E-state index contributed by atoms with van der Waals surface area (Å²) in [7, 11) is 0. The van der Waals surface area contributed by atoms with E-state index in [1.54, 1.807) is 11.3 Å².